The van der Waals surface area contributed by atoms with Crippen LogP contribution < -0.4 is 5.32 Å². The van der Waals surface area contributed by atoms with Crippen molar-refractivity contribution in [1.82, 2.24) is 25.1 Å². The number of unbranched alkanes of at least 4 members (excludes halogenated alkanes) is 1. The maximum absolute atomic E-state index is 12.4. The Morgan fingerprint density at radius 3 is 2.71 bits per heavy atom. The lowest BCUT2D eigenvalue weighted by Gasteiger charge is -2.26. The van der Waals surface area contributed by atoms with E-state index in [1.165, 1.54) is 0 Å². The Morgan fingerprint density at radius 2 is 2.10 bits per heavy atom. The van der Waals surface area contributed by atoms with Gasteiger partial charge in [-0.3, -0.25) is 5.32 Å². The van der Waals surface area contributed by atoms with Gasteiger partial charge in [-0.05, 0) is 41.5 Å². The zero-order chi connectivity index (χ0) is 15.3. The first-order chi connectivity index (χ1) is 10.1. The largest absolute Gasteiger partial charge is 0.324 e. The van der Waals surface area contributed by atoms with Crippen LogP contribution >= 0.6 is 0 Å². The van der Waals surface area contributed by atoms with E-state index in [9.17, 15) is 4.79 Å². The first kappa shape index (κ1) is 15.7. The summed E-state index contributed by atoms with van der Waals surface area (Å²) in [7, 11) is 0. The summed E-state index contributed by atoms with van der Waals surface area (Å²) in [5.74, 6) is 0.443. The zero-order valence-corrected chi connectivity index (χ0v) is 13.3. The van der Waals surface area contributed by atoms with E-state index >= 15 is 0 Å². The predicted molar refractivity (Wildman–Crippen MR) is 80.9 cm³/mol. The number of aromatic nitrogens is 4. The molecule has 0 unspecified atom stereocenters. The van der Waals surface area contributed by atoms with Crippen LogP contribution in [0.15, 0.2) is 0 Å². The van der Waals surface area contributed by atoms with E-state index in [4.69, 9.17) is 0 Å². The molecule has 1 aromatic rings. The molecule has 2 rings (SSSR count). The molecule has 7 nitrogen and oxygen atoms in total. The highest BCUT2D eigenvalue weighted by molar-refractivity contribution is 5.87. The highest BCUT2D eigenvalue weighted by atomic mass is 16.2. The minimum atomic E-state index is -0.0914. The summed E-state index contributed by atoms with van der Waals surface area (Å²) in [6.45, 7) is 8.88. The summed E-state index contributed by atoms with van der Waals surface area (Å²) >= 11 is 0. The molecule has 1 aromatic heterocycles. The Morgan fingerprint density at radius 1 is 1.33 bits per heavy atom. The molecule has 1 saturated heterocycles. The van der Waals surface area contributed by atoms with Crippen molar-refractivity contribution in [2.24, 2.45) is 5.41 Å². The summed E-state index contributed by atoms with van der Waals surface area (Å²) in [4.78, 5) is 14.2. The number of rotatable bonds is 6. The van der Waals surface area contributed by atoms with Crippen LogP contribution in [0.25, 0.3) is 0 Å². The number of hydrogen-bond donors (Lipinski definition) is 1. The van der Waals surface area contributed by atoms with Gasteiger partial charge in [0.15, 0.2) is 0 Å². The van der Waals surface area contributed by atoms with E-state index in [1.54, 1.807) is 4.68 Å². The van der Waals surface area contributed by atoms with Gasteiger partial charge in [-0.2, -0.15) is 0 Å². The van der Waals surface area contributed by atoms with Gasteiger partial charge in [-0.1, -0.05) is 32.3 Å². The SMILES string of the molecule is CCCCn1nnnc1NC(=O)N1CCC(CC)(CC)C1. The van der Waals surface area contributed by atoms with Gasteiger partial charge in [0.1, 0.15) is 0 Å². The summed E-state index contributed by atoms with van der Waals surface area (Å²) in [6.07, 6.45) is 5.36. The molecule has 21 heavy (non-hydrogen) atoms. The zero-order valence-electron chi connectivity index (χ0n) is 13.3. The topological polar surface area (TPSA) is 75.9 Å². The number of carbonyl (C=O) groups is 1. The number of hydrogen-bond acceptors (Lipinski definition) is 4. The van der Waals surface area contributed by atoms with E-state index < -0.39 is 0 Å². The summed E-state index contributed by atoms with van der Waals surface area (Å²) in [6, 6.07) is -0.0914. The van der Waals surface area contributed by atoms with Crippen LogP contribution in [0.1, 0.15) is 52.9 Å². The lowest BCUT2D eigenvalue weighted by molar-refractivity contribution is 0.208. The molecular weight excluding hydrogens is 268 g/mol. The maximum Gasteiger partial charge on any atom is 0.324 e. The molecule has 1 aliphatic rings. The Hall–Kier alpha value is -1.66. The molecule has 0 aromatic carbocycles. The smallest absolute Gasteiger partial charge is 0.324 e. The van der Waals surface area contributed by atoms with Crippen molar-refractivity contribution in [3.63, 3.8) is 0 Å². The third kappa shape index (κ3) is 3.51. The number of nitrogens with one attached hydrogen (secondary N) is 1. The summed E-state index contributed by atoms with van der Waals surface area (Å²) in [5.41, 5.74) is 0.283. The van der Waals surface area contributed by atoms with E-state index in [-0.39, 0.29) is 11.4 Å². The molecule has 0 saturated carbocycles. The molecule has 0 aliphatic carbocycles. The predicted octanol–water partition coefficient (Wildman–Crippen LogP) is 2.52. The fraction of sp³-hybridized carbons (Fsp3) is 0.857. The molecule has 118 valence electrons. The van der Waals surface area contributed by atoms with Crippen molar-refractivity contribution in [2.75, 3.05) is 18.4 Å². The van der Waals surface area contributed by atoms with Crippen LogP contribution in [0.4, 0.5) is 10.7 Å². The number of nitrogens with zero attached hydrogens (tertiary/aromatic N) is 5. The average molecular weight is 294 g/mol. The van der Waals surface area contributed by atoms with E-state index in [1.807, 2.05) is 4.90 Å². The maximum atomic E-state index is 12.4. The number of amides is 2. The van der Waals surface area contributed by atoms with Crippen molar-refractivity contribution < 1.29 is 4.79 Å². The molecule has 7 heteroatoms. The van der Waals surface area contributed by atoms with Crippen LogP contribution in [0.3, 0.4) is 0 Å². The van der Waals surface area contributed by atoms with Crippen molar-refractivity contribution in [3.05, 3.63) is 0 Å². The number of tetrazole rings is 1. The molecule has 0 radical (unpaired) electrons. The fourth-order valence-electron chi connectivity index (χ4n) is 2.86. The summed E-state index contributed by atoms with van der Waals surface area (Å²) < 4.78 is 1.66. The number of carbonyl (C=O) groups excluding carboxylic acids is 1. The minimum Gasteiger partial charge on any atom is -0.324 e. The normalized spacial score (nSPS) is 17.2. The van der Waals surface area contributed by atoms with Gasteiger partial charge in [0, 0.05) is 19.6 Å². The van der Waals surface area contributed by atoms with E-state index in [0.717, 1.165) is 51.7 Å². The molecule has 1 N–H and O–H groups in total. The van der Waals surface area contributed by atoms with Crippen molar-refractivity contribution >= 4 is 12.0 Å². The standard InChI is InChI=1S/C14H26N6O/c1-4-7-9-20-12(16-17-18-20)15-13(21)19-10-8-14(5-2,6-3)11-19/h4-11H2,1-3H3,(H,15,16,18,21). The van der Waals surface area contributed by atoms with E-state index in [2.05, 4.69) is 41.6 Å². The highest BCUT2D eigenvalue weighted by Gasteiger charge is 2.37. The minimum absolute atomic E-state index is 0.0914. The van der Waals surface area contributed by atoms with Crippen LogP contribution in [0.2, 0.25) is 0 Å². The van der Waals surface area contributed by atoms with Crippen LogP contribution in [0, 0.1) is 5.41 Å². The monoisotopic (exact) mass is 294 g/mol. The van der Waals surface area contributed by atoms with Crippen LogP contribution in [-0.4, -0.2) is 44.2 Å². The Balaban J connectivity index is 1.95. The first-order valence-corrected chi connectivity index (χ1v) is 7.96. The van der Waals surface area contributed by atoms with Crippen molar-refractivity contribution in [2.45, 2.75) is 59.4 Å². The molecule has 1 fully saturated rings. The average Bonchev–Trinajstić information content (AvgIpc) is 3.12. The fourth-order valence-corrected chi connectivity index (χ4v) is 2.86. The van der Waals surface area contributed by atoms with E-state index in [0.29, 0.717) is 5.95 Å². The van der Waals surface area contributed by atoms with Gasteiger partial charge in [-0.25, -0.2) is 9.48 Å². The number of aryl methyl sites for hydroxylation is 1. The Bertz CT molecular complexity index is 468. The third-order valence-corrected chi connectivity index (χ3v) is 4.70. The quantitative estimate of drug-likeness (QED) is 0.874. The van der Waals surface area contributed by atoms with Gasteiger partial charge in [-0.15, -0.1) is 0 Å². The van der Waals surface area contributed by atoms with Gasteiger partial charge < -0.3 is 4.90 Å². The molecule has 2 amide bonds. The van der Waals surface area contributed by atoms with Gasteiger partial charge in [0.2, 0.25) is 0 Å². The van der Waals surface area contributed by atoms with Crippen molar-refractivity contribution in [3.8, 4) is 0 Å². The Labute approximate surface area is 126 Å². The molecular formula is C14H26N6O. The van der Waals surface area contributed by atoms with Gasteiger partial charge in [0.25, 0.3) is 5.95 Å². The lowest BCUT2D eigenvalue weighted by atomic mass is 9.82. The molecule has 0 spiro atoms. The second-order valence-corrected chi connectivity index (χ2v) is 5.89. The lowest BCUT2D eigenvalue weighted by Crippen LogP contribution is -2.35. The van der Waals surface area contributed by atoms with Gasteiger partial charge >= 0.3 is 6.03 Å². The highest BCUT2D eigenvalue weighted by Crippen LogP contribution is 2.37. The Kier molecular flexibility index (Phi) is 5.14. The van der Waals surface area contributed by atoms with Gasteiger partial charge in [0.05, 0.1) is 0 Å². The van der Waals surface area contributed by atoms with Crippen LogP contribution in [0.5, 0.6) is 0 Å². The number of urea groups is 1. The first-order valence-electron chi connectivity index (χ1n) is 7.96. The number of likely N-dealkylation sites (tertiary alicyclic amines) is 1. The van der Waals surface area contributed by atoms with Crippen molar-refractivity contribution in [1.29, 1.82) is 0 Å². The molecule has 1 aliphatic heterocycles. The number of anilines is 1. The summed E-state index contributed by atoms with van der Waals surface area (Å²) in [5, 5.41) is 14.3. The molecule has 0 atom stereocenters. The second-order valence-electron chi connectivity index (χ2n) is 5.89. The van der Waals surface area contributed by atoms with Crippen LogP contribution in [-0.2, 0) is 6.54 Å². The third-order valence-electron chi connectivity index (χ3n) is 4.70. The second kappa shape index (κ2) is 6.87. The molecule has 0 bridgehead atoms. The molecule has 2 heterocycles.